The lowest BCUT2D eigenvalue weighted by Gasteiger charge is -2.12. The lowest BCUT2D eigenvalue weighted by Crippen LogP contribution is -2.22. The number of benzene rings is 2. The van der Waals surface area contributed by atoms with E-state index in [1.807, 2.05) is 51.1 Å². The van der Waals surface area contributed by atoms with Gasteiger partial charge in [0.2, 0.25) is 0 Å². The molecule has 0 aliphatic carbocycles. The van der Waals surface area contributed by atoms with Crippen LogP contribution in [-0.4, -0.2) is 27.3 Å². The highest BCUT2D eigenvalue weighted by Gasteiger charge is 2.17. The number of carbonyl (C=O) groups is 1. The van der Waals surface area contributed by atoms with Crippen molar-refractivity contribution >= 4 is 34.2 Å². The van der Waals surface area contributed by atoms with Crippen LogP contribution in [0.2, 0.25) is 5.02 Å². The average Bonchev–Trinajstić information content (AvgIpc) is 3.18. The van der Waals surface area contributed by atoms with Crippen molar-refractivity contribution in [3.05, 3.63) is 75.9 Å². The van der Waals surface area contributed by atoms with Crippen LogP contribution < -0.4 is 10.1 Å². The fourth-order valence-electron chi connectivity index (χ4n) is 3.47. The number of pyridine rings is 1. The molecule has 0 spiro atoms. The molecule has 2 aromatic heterocycles. The molecule has 8 heteroatoms. The number of nitrogens with one attached hydrogen (secondary N) is 1. The second kappa shape index (κ2) is 8.69. The number of aryl methyl sites for hydroxylation is 3. The molecule has 4 aromatic rings. The number of para-hydroxylation sites is 1. The molecule has 0 saturated carbocycles. The van der Waals surface area contributed by atoms with Gasteiger partial charge < -0.3 is 10.1 Å². The summed E-state index contributed by atoms with van der Waals surface area (Å²) >= 11 is 6.18. The average molecular weight is 446 g/mol. The lowest BCUT2D eigenvalue weighted by molar-refractivity contribution is -0.118. The Morgan fingerprint density at radius 3 is 2.59 bits per heavy atom. The number of carbonyl (C=O) groups excluding carboxylic acids is 1. The van der Waals surface area contributed by atoms with Crippen molar-refractivity contribution < 1.29 is 9.53 Å². The molecular weight excluding hydrogens is 426 g/mol. The maximum Gasteiger partial charge on any atom is 0.263 e. The monoisotopic (exact) mass is 445 g/mol. The van der Waals surface area contributed by atoms with Crippen LogP contribution in [0.1, 0.15) is 22.3 Å². The number of nitriles is 1. The standard InChI is InChI=1S/C24H20ClN5O2/c1-14-10-21(28-20-7-5-4-6-19(14)20)30-24(17(11-26)12-27-30)29-22(31)13-32-18-8-15(2)23(25)16(3)9-18/h4-10,12H,13H2,1-3H3,(H,29,31). The number of anilines is 1. The molecule has 0 aliphatic heterocycles. The number of hydrogen-bond acceptors (Lipinski definition) is 5. The Bertz CT molecular complexity index is 1360. The SMILES string of the molecule is Cc1cc(OCC(=O)Nc2c(C#N)cnn2-c2cc(C)c3ccccc3n2)cc(C)c1Cl. The molecule has 0 radical (unpaired) electrons. The molecule has 0 fully saturated rings. The number of hydrogen-bond donors (Lipinski definition) is 1. The number of amides is 1. The van der Waals surface area contributed by atoms with Gasteiger partial charge in [0.15, 0.2) is 18.2 Å². The van der Waals surface area contributed by atoms with Crippen molar-refractivity contribution in [3.63, 3.8) is 0 Å². The van der Waals surface area contributed by atoms with Gasteiger partial charge in [-0.1, -0.05) is 29.8 Å². The van der Waals surface area contributed by atoms with E-state index in [-0.39, 0.29) is 18.0 Å². The van der Waals surface area contributed by atoms with E-state index < -0.39 is 5.91 Å². The van der Waals surface area contributed by atoms with Gasteiger partial charge in [-0.05, 0) is 61.7 Å². The molecular formula is C24H20ClN5O2. The van der Waals surface area contributed by atoms with Crippen LogP contribution in [0, 0.1) is 32.1 Å². The predicted octanol–water partition coefficient (Wildman–Crippen LogP) is 4.89. The highest BCUT2D eigenvalue weighted by molar-refractivity contribution is 6.32. The molecule has 2 heterocycles. The summed E-state index contributed by atoms with van der Waals surface area (Å²) in [7, 11) is 0. The second-order valence-electron chi connectivity index (χ2n) is 7.45. The molecule has 1 N–H and O–H groups in total. The van der Waals surface area contributed by atoms with E-state index in [0.717, 1.165) is 27.6 Å². The topological polar surface area (TPSA) is 92.8 Å². The maximum absolute atomic E-state index is 12.6. The van der Waals surface area contributed by atoms with E-state index in [1.54, 1.807) is 12.1 Å². The van der Waals surface area contributed by atoms with Crippen molar-refractivity contribution in [1.82, 2.24) is 14.8 Å². The summed E-state index contributed by atoms with van der Waals surface area (Å²) in [6, 6.07) is 15.2. The minimum atomic E-state index is -0.425. The minimum absolute atomic E-state index is 0.226. The Morgan fingerprint density at radius 1 is 1.16 bits per heavy atom. The first-order valence-electron chi connectivity index (χ1n) is 9.91. The first-order chi connectivity index (χ1) is 15.4. The Morgan fingerprint density at radius 2 is 1.88 bits per heavy atom. The van der Waals surface area contributed by atoms with Gasteiger partial charge in [-0.2, -0.15) is 15.0 Å². The number of rotatable bonds is 5. The van der Waals surface area contributed by atoms with E-state index in [4.69, 9.17) is 16.3 Å². The Balaban J connectivity index is 1.59. The van der Waals surface area contributed by atoms with Gasteiger partial charge in [0, 0.05) is 10.4 Å². The van der Waals surface area contributed by atoms with E-state index in [2.05, 4.69) is 21.5 Å². The summed E-state index contributed by atoms with van der Waals surface area (Å²) in [4.78, 5) is 17.3. The first kappa shape index (κ1) is 21.3. The van der Waals surface area contributed by atoms with E-state index >= 15 is 0 Å². The van der Waals surface area contributed by atoms with Crippen LogP contribution in [0.4, 0.5) is 5.82 Å². The van der Waals surface area contributed by atoms with Crippen molar-refractivity contribution in [2.75, 3.05) is 11.9 Å². The number of aromatic nitrogens is 3. The quantitative estimate of drug-likeness (QED) is 0.472. The third kappa shape index (κ3) is 4.13. The zero-order valence-corrected chi connectivity index (χ0v) is 18.6. The van der Waals surface area contributed by atoms with E-state index in [9.17, 15) is 10.1 Å². The predicted molar refractivity (Wildman–Crippen MR) is 123 cm³/mol. The maximum atomic E-state index is 12.6. The van der Waals surface area contributed by atoms with Crippen molar-refractivity contribution in [2.24, 2.45) is 0 Å². The number of halogens is 1. The highest BCUT2D eigenvalue weighted by atomic mass is 35.5. The summed E-state index contributed by atoms with van der Waals surface area (Å²) in [5.74, 6) is 0.862. The van der Waals surface area contributed by atoms with Crippen LogP contribution in [0.25, 0.3) is 16.7 Å². The van der Waals surface area contributed by atoms with Gasteiger partial charge in [0.05, 0.1) is 11.7 Å². The molecule has 160 valence electrons. The van der Waals surface area contributed by atoms with Gasteiger partial charge in [-0.25, -0.2) is 4.98 Å². The Labute approximate surface area is 190 Å². The number of fused-ring (bicyclic) bond motifs is 1. The number of ether oxygens (including phenoxy) is 1. The third-order valence-corrected chi connectivity index (χ3v) is 5.65. The number of nitrogens with zero attached hydrogens (tertiary/aromatic N) is 4. The first-order valence-corrected chi connectivity index (χ1v) is 10.3. The van der Waals surface area contributed by atoms with Gasteiger partial charge in [-0.15, -0.1) is 0 Å². The molecule has 0 aliphatic rings. The smallest absolute Gasteiger partial charge is 0.263 e. The van der Waals surface area contributed by atoms with Crippen molar-refractivity contribution in [1.29, 1.82) is 5.26 Å². The van der Waals surface area contributed by atoms with Gasteiger partial charge in [0.25, 0.3) is 5.91 Å². The fourth-order valence-corrected chi connectivity index (χ4v) is 3.58. The van der Waals surface area contributed by atoms with Crippen molar-refractivity contribution in [3.8, 4) is 17.6 Å². The molecule has 1 amide bonds. The Kier molecular flexibility index (Phi) is 5.80. The molecule has 0 atom stereocenters. The summed E-state index contributed by atoms with van der Waals surface area (Å²) in [6.45, 7) is 5.49. The van der Waals surface area contributed by atoms with Crippen LogP contribution in [0.15, 0.2) is 48.7 Å². The second-order valence-corrected chi connectivity index (χ2v) is 7.83. The molecule has 4 rings (SSSR count). The highest BCUT2D eigenvalue weighted by Crippen LogP contribution is 2.26. The van der Waals surface area contributed by atoms with Crippen LogP contribution >= 0.6 is 11.6 Å². The molecule has 0 bridgehead atoms. The Hall–Kier alpha value is -3.89. The molecule has 32 heavy (non-hydrogen) atoms. The van der Waals surface area contributed by atoms with E-state index in [0.29, 0.717) is 16.6 Å². The van der Waals surface area contributed by atoms with Gasteiger partial charge in [-0.3, -0.25) is 4.79 Å². The third-order valence-electron chi connectivity index (χ3n) is 5.05. The molecule has 0 unspecified atom stereocenters. The minimum Gasteiger partial charge on any atom is -0.484 e. The summed E-state index contributed by atoms with van der Waals surface area (Å²) < 4.78 is 7.08. The van der Waals surface area contributed by atoms with E-state index in [1.165, 1.54) is 10.9 Å². The summed E-state index contributed by atoms with van der Waals surface area (Å²) in [5.41, 5.74) is 3.76. The van der Waals surface area contributed by atoms with Crippen LogP contribution in [0.5, 0.6) is 5.75 Å². The summed E-state index contributed by atoms with van der Waals surface area (Å²) in [5, 5.41) is 18.2. The van der Waals surface area contributed by atoms with Crippen LogP contribution in [-0.2, 0) is 4.79 Å². The fraction of sp³-hybridized carbons (Fsp3) is 0.167. The lowest BCUT2D eigenvalue weighted by atomic mass is 10.1. The van der Waals surface area contributed by atoms with Crippen LogP contribution in [0.3, 0.4) is 0 Å². The largest absolute Gasteiger partial charge is 0.484 e. The molecule has 2 aromatic carbocycles. The normalized spacial score (nSPS) is 10.7. The zero-order chi connectivity index (χ0) is 22.8. The molecule has 7 nitrogen and oxygen atoms in total. The zero-order valence-electron chi connectivity index (χ0n) is 17.8. The van der Waals surface area contributed by atoms with Gasteiger partial charge >= 0.3 is 0 Å². The molecule has 0 saturated heterocycles. The summed E-state index contributed by atoms with van der Waals surface area (Å²) in [6.07, 6.45) is 1.40. The van der Waals surface area contributed by atoms with Gasteiger partial charge in [0.1, 0.15) is 17.4 Å². The van der Waals surface area contributed by atoms with Crippen molar-refractivity contribution in [2.45, 2.75) is 20.8 Å².